The number of nitrogens with zero attached hydrogens (tertiary/aromatic N) is 2. The minimum absolute atomic E-state index is 0.00941. The molecule has 28 heavy (non-hydrogen) atoms. The number of rotatable bonds is 7. The van der Waals surface area contributed by atoms with Gasteiger partial charge in [-0.2, -0.15) is 5.26 Å². The van der Waals surface area contributed by atoms with Crippen molar-refractivity contribution >= 4 is 41.0 Å². The quantitative estimate of drug-likeness (QED) is 0.292. The molecule has 142 valence electrons. The number of anilines is 1. The van der Waals surface area contributed by atoms with Crippen molar-refractivity contribution in [1.29, 1.82) is 5.26 Å². The molecule has 5 nitrogen and oxygen atoms in total. The molecule has 1 heterocycles. The molecule has 7 heteroatoms. The average molecular weight is 411 g/mol. The topological polar surface area (TPSA) is 70.4 Å². The molecule has 3 rings (SSSR count). The summed E-state index contributed by atoms with van der Waals surface area (Å²) in [5.74, 6) is -0.375. The highest BCUT2D eigenvalue weighted by Crippen LogP contribution is 2.46. The van der Waals surface area contributed by atoms with Crippen molar-refractivity contribution in [2.75, 3.05) is 24.3 Å². The molecule has 0 spiro atoms. The Morgan fingerprint density at radius 3 is 2.57 bits per heavy atom. The normalized spacial score (nSPS) is 14.2. The van der Waals surface area contributed by atoms with Crippen molar-refractivity contribution in [2.24, 2.45) is 0 Å². The molecule has 0 amide bonds. The maximum absolute atomic E-state index is 12.5. The van der Waals surface area contributed by atoms with E-state index in [0.29, 0.717) is 10.8 Å². The number of benzene rings is 2. The van der Waals surface area contributed by atoms with Crippen LogP contribution in [-0.2, 0) is 14.3 Å². The van der Waals surface area contributed by atoms with Crippen LogP contribution in [0.1, 0.15) is 6.42 Å². The molecule has 0 aliphatic carbocycles. The van der Waals surface area contributed by atoms with Crippen LogP contribution in [-0.4, -0.2) is 31.2 Å². The molecule has 0 saturated heterocycles. The first kappa shape index (κ1) is 20.1. The molecule has 0 atom stereocenters. The van der Waals surface area contributed by atoms with Gasteiger partial charge in [-0.1, -0.05) is 42.1 Å². The third kappa shape index (κ3) is 4.77. The molecule has 0 fully saturated rings. The van der Waals surface area contributed by atoms with Gasteiger partial charge in [0.2, 0.25) is 5.78 Å². The SMILES string of the molecule is CN1/C(=C(\C#N)C(=O)COC(=O)CCSc2ccccc2)Sc2ccccc21. The second kappa shape index (κ2) is 9.49. The average Bonchev–Trinajstić information content (AvgIpc) is 3.04. The van der Waals surface area contributed by atoms with E-state index in [9.17, 15) is 14.9 Å². The second-order valence-corrected chi connectivity index (χ2v) is 8.12. The van der Waals surface area contributed by atoms with Gasteiger partial charge < -0.3 is 9.64 Å². The van der Waals surface area contributed by atoms with E-state index >= 15 is 0 Å². The van der Waals surface area contributed by atoms with Gasteiger partial charge >= 0.3 is 5.97 Å². The van der Waals surface area contributed by atoms with E-state index in [1.54, 1.807) is 11.8 Å². The van der Waals surface area contributed by atoms with Crippen LogP contribution < -0.4 is 4.90 Å². The summed E-state index contributed by atoms with van der Waals surface area (Å²) >= 11 is 2.92. The zero-order valence-electron chi connectivity index (χ0n) is 15.3. The van der Waals surface area contributed by atoms with Gasteiger partial charge in [-0.15, -0.1) is 11.8 Å². The van der Waals surface area contributed by atoms with E-state index in [-0.39, 0.29) is 12.0 Å². The van der Waals surface area contributed by atoms with Crippen molar-refractivity contribution in [3.05, 3.63) is 65.2 Å². The maximum Gasteiger partial charge on any atom is 0.307 e. The first-order chi connectivity index (χ1) is 13.6. The lowest BCUT2D eigenvalue weighted by Gasteiger charge is -2.14. The minimum Gasteiger partial charge on any atom is -0.457 e. The van der Waals surface area contributed by atoms with Gasteiger partial charge in [-0.3, -0.25) is 9.59 Å². The summed E-state index contributed by atoms with van der Waals surface area (Å²) in [4.78, 5) is 28.2. The molecule has 0 bridgehead atoms. The van der Waals surface area contributed by atoms with Crippen LogP contribution in [0.15, 0.2) is 75.0 Å². The number of esters is 1. The van der Waals surface area contributed by atoms with Gasteiger partial charge in [-0.25, -0.2) is 0 Å². The number of hydrogen-bond acceptors (Lipinski definition) is 7. The van der Waals surface area contributed by atoms with Gasteiger partial charge in [0.15, 0.2) is 6.61 Å². The standard InChI is InChI=1S/C21H18N2O3S2/c1-23-17-9-5-6-10-19(17)28-21(23)16(13-22)18(24)14-26-20(25)11-12-27-15-7-3-2-4-8-15/h2-10H,11-12,14H2,1H3/b21-16-. The number of fused-ring (bicyclic) bond motifs is 1. The number of ether oxygens (including phenoxy) is 1. The fourth-order valence-electron chi connectivity index (χ4n) is 2.61. The molecule has 0 saturated carbocycles. The van der Waals surface area contributed by atoms with E-state index in [1.807, 2.05) is 72.6 Å². The smallest absolute Gasteiger partial charge is 0.307 e. The molecule has 1 aliphatic rings. The Hall–Kier alpha value is -2.69. The number of Topliss-reactive ketones (excluding diaryl/α,β-unsaturated/α-hetero) is 1. The number of thioether (sulfide) groups is 2. The monoisotopic (exact) mass is 410 g/mol. The lowest BCUT2D eigenvalue weighted by molar-refractivity contribution is -0.146. The van der Waals surface area contributed by atoms with Crippen LogP contribution >= 0.6 is 23.5 Å². The Morgan fingerprint density at radius 1 is 1.14 bits per heavy atom. The summed E-state index contributed by atoms with van der Waals surface area (Å²) in [6, 6.07) is 19.4. The summed E-state index contributed by atoms with van der Waals surface area (Å²) < 4.78 is 5.08. The third-order valence-electron chi connectivity index (χ3n) is 4.02. The van der Waals surface area contributed by atoms with Gasteiger partial charge in [0.25, 0.3) is 0 Å². The number of hydrogen-bond donors (Lipinski definition) is 0. The van der Waals surface area contributed by atoms with Gasteiger partial charge in [0.05, 0.1) is 12.1 Å². The highest BCUT2D eigenvalue weighted by molar-refractivity contribution is 8.03. The predicted molar refractivity (Wildman–Crippen MR) is 111 cm³/mol. The summed E-state index contributed by atoms with van der Waals surface area (Å²) in [5, 5.41) is 10.0. The number of nitriles is 1. The van der Waals surface area contributed by atoms with Gasteiger partial charge in [0, 0.05) is 22.6 Å². The third-order valence-corrected chi connectivity index (χ3v) is 6.27. The fraction of sp³-hybridized carbons (Fsp3) is 0.190. The lowest BCUT2D eigenvalue weighted by Crippen LogP contribution is -2.20. The minimum atomic E-state index is -0.492. The molecule has 0 N–H and O–H groups in total. The van der Waals surface area contributed by atoms with E-state index in [2.05, 4.69) is 0 Å². The van der Waals surface area contributed by atoms with Crippen LogP contribution in [0.5, 0.6) is 0 Å². The number of para-hydroxylation sites is 1. The van der Waals surface area contributed by atoms with Crippen LogP contribution in [0.2, 0.25) is 0 Å². The van der Waals surface area contributed by atoms with Crippen molar-refractivity contribution in [3.63, 3.8) is 0 Å². The van der Waals surface area contributed by atoms with Crippen molar-refractivity contribution < 1.29 is 14.3 Å². The summed E-state index contributed by atoms with van der Waals surface area (Å²) in [5.41, 5.74) is 0.952. The van der Waals surface area contributed by atoms with E-state index in [0.717, 1.165) is 15.5 Å². The van der Waals surface area contributed by atoms with Crippen molar-refractivity contribution in [3.8, 4) is 6.07 Å². The summed E-state index contributed by atoms with van der Waals surface area (Å²) in [6.45, 7) is -0.425. The molecule has 0 aromatic heterocycles. The predicted octanol–water partition coefficient (Wildman–Crippen LogP) is 4.26. The van der Waals surface area contributed by atoms with Crippen LogP contribution in [0.4, 0.5) is 5.69 Å². The Bertz CT molecular complexity index is 952. The second-order valence-electron chi connectivity index (χ2n) is 5.92. The largest absolute Gasteiger partial charge is 0.457 e. The maximum atomic E-state index is 12.5. The zero-order chi connectivity index (χ0) is 19.9. The Kier molecular flexibility index (Phi) is 6.80. The van der Waals surface area contributed by atoms with Gasteiger partial charge in [0.1, 0.15) is 16.7 Å². The van der Waals surface area contributed by atoms with Crippen LogP contribution in [0.25, 0.3) is 0 Å². The van der Waals surface area contributed by atoms with Crippen LogP contribution in [0.3, 0.4) is 0 Å². The molecular formula is C21H18N2O3S2. The van der Waals surface area contributed by atoms with Crippen molar-refractivity contribution in [1.82, 2.24) is 0 Å². The number of carbonyl (C=O) groups excluding carboxylic acids is 2. The highest BCUT2D eigenvalue weighted by Gasteiger charge is 2.28. The summed E-state index contributed by atoms with van der Waals surface area (Å²) in [7, 11) is 1.81. The van der Waals surface area contributed by atoms with Crippen molar-refractivity contribution in [2.45, 2.75) is 16.2 Å². The zero-order valence-corrected chi connectivity index (χ0v) is 16.9. The molecule has 2 aromatic rings. The number of ketones is 1. The first-order valence-corrected chi connectivity index (χ1v) is 10.4. The fourth-order valence-corrected chi connectivity index (χ4v) is 4.63. The Morgan fingerprint density at radius 2 is 1.86 bits per heavy atom. The lowest BCUT2D eigenvalue weighted by atomic mass is 10.2. The van der Waals surface area contributed by atoms with Crippen LogP contribution in [0, 0.1) is 11.3 Å². The molecule has 2 aromatic carbocycles. The number of carbonyl (C=O) groups is 2. The highest BCUT2D eigenvalue weighted by atomic mass is 32.2. The molecule has 1 aliphatic heterocycles. The molecule has 0 radical (unpaired) electrons. The Balaban J connectivity index is 1.54. The van der Waals surface area contributed by atoms with E-state index in [1.165, 1.54) is 11.8 Å². The Labute approximate surface area is 172 Å². The molecular weight excluding hydrogens is 392 g/mol. The first-order valence-electron chi connectivity index (χ1n) is 8.62. The van der Waals surface area contributed by atoms with E-state index < -0.39 is 18.4 Å². The summed E-state index contributed by atoms with van der Waals surface area (Å²) in [6.07, 6.45) is 0.200. The van der Waals surface area contributed by atoms with Gasteiger partial charge in [-0.05, 0) is 24.3 Å². The molecule has 0 unspecified atom stereocenters. The van der Waals surface area contributed by atoms with E-state index in [4.69, 9.17) is 4.74 Å².